The number of aromatic nitrogens is 2. The SMILES string of the molecule is CCN(CC)CC(=O)[N]CCOc1cc2ncnc(Nc3ccc(Br)c(Cl)c3F)c2cc1[N+](=O)[O-]. The molecule has 0 fully saturated rings. The molecular formula is C22H22BrClFN6O4. The van der Waals surface area contributed by atoms with Crippen molar-refractivity contribution in [3.05, 3.63) is 56.0 Å². The monoisotopic (exact) mass is 567 g/mol. The van der Waals surface area contributed by atoms with Crippen LogP contribution in [0.2, 0.25) is 5.02 Å². The summed E-state index contributed by atoms with van der Waals surface area (Å²) in [6, 6.07) is 5.65. The van der Waals surface area contributed by atoms with Crippen molar-refractivity contribution < 1.29 is 18.8 Å². The number of amides is 1. The highest BCUT2D eigenvalue weighted by atomic mass is 79.9. The number of hydrogen-bond acceptors (Lipinski definition) is 8. The third kappa shape index (κ3) is 6.53. The van der Waals surface area contributed by atoms with Crippen molar-refractivity contribution in [3.8, 4) is 5.75 Å². The van der Waals surface area contributed by atoms with Crippen molar-refractivity contribution in [1.29, 1.82) is 0 Å². The van der Waals surface area contributed by atoms with E-state index in [1.54, 1.807) is 6.07 Å². The highest BCUT2D eigenvalue weighted by Gasteiger charge is 2.20. The Labute approximate surface area is 214 Å². The van der Waals surface area contributed by atoms with Gasteiger partial charge in [0.25, 0.3) is 5.91 Å². The number of likely N-dealkylation sites (N-methyl/N-ethyl adjacent to an activating group) is 1. The first-order valence-electron chi connectivity index (χ1n) is 10.6. The van der Waals surface area contributed by atoms with E-state index in [0.717, 1.165) is 13.1 Å². The molecule has 3 rings (SSSR count). The molecule has 1 N–H and O–H groups in total. The number of rotatable bonds is 11. The lowest BCUT2D eigenvalue weighted by Crippen LogP contribution is -2.35. The summed E-state index contributed by atoms with van der Waals surface area (Å²) in [5.41, 5.74) is 0.0394. The zero-order valence-corrected chi connectivity index (χ0v) is 21.3. The van der Waals surface area contributed by atoms with Crippen LogP contribution in [0.3, 0.4) is 0 Å². The maximum atomic E-state index is 14.5. The van der Waals surface area contributed by atoms with Crippen molar-refractivity contribution in [1.82, 2.24) is 20.2 Å². The Morgan fingerprint density at radius 2 is 2.06 bits per heavy atom. The Kier molecular flexibility index (Phi) is 9.13. The Hall–Kier alpha value is -3.09. The van der Waals surface area contributed by atoms with Crippen LogP contribution in [0.1, 0.15) is 13.8 Å². The Morgan fingerprint density at radius 1 is 1.31 bits per heavy atom. The number of carbonyl (C=O) groups excluding carboxylic acids is 1. The second-order valence-electron chi connectivity index (χ2n) is 7.25. The van der Waals surface area contributed by atoms with E-state index in [0.29, 0.717) is 9.99 Å². The highest BCUT2D eigenvalue weighted by molar-refractivity contribution is 9.10. The van der Waals surface area contributed by atoms with E-state index in [9.17, 15) is 19.3 Å². The van der Waals surface area contributed by atoms with Crippen molar-refractivity contribution >= 4 is 61.5 Å². The second-order valence-corrected chi connectivity index (χ2v) is 8.48. The van der Waals surface area contributed by atoms with E-state index in [2.05, 4.69) is 36.5 Å². The molecule has 1 amide bonds. The van der Waals surface area contributed by atoms with Gasteiger partial charge in [0.15, 0.2) is 11.6 Å². The summed E-state index contributed by atoms with van der Waals surface area (Å²) in [7, 11) is 0. The zero-order valence-electron chi connectivity index (χ0n) is 18.9. The molecule has 0 unspecified atom stereocenters. The standard InChI is InChI=1S/C22H22BrClFN6O4/c1-3-30(4-2)11-19(32)26-7-8-35-18-10-16-13(9-17(18)31(33)34)22(28-12-27-16)29-15-6-5-14(23)20(24)21(15)25/h5-6,9-10,12H,3-4,7-8,11H2,1-2H3,(H,27,28,29). The molecule has 0 saturated heterocycles. The molecule has 0 saturated carbocycles. The minimum Gasteiger partial charge on any atom is -0.485 e. The largest absolute Gasteiger partial charge is 0.485 e. The minimum atomic E-state index is -0.707. The number of nitrogens with one attached hydrogen (secondary N) is 1. The van der Waals surface area contributed by atoms with Crippen LogP contribution < -0.4 is 15.4 Å². The van der Waals surface area contributed by atoms with Gasteiger partial charge in [-0.2, -0.15) is 0 Å². The number of anilines is 2. The number of ether oxygens (including phenoxy) is 1. The van der Waals surface area contributed by atoms with E-state index < -0.39 is 10.7 Å². The van der Waals surface area contributed by atoms with Gasteiger partial charge in [-0.05, 0) is 41.2 Å². The van der Waals surface area contributed by atoms with E-state index >= 15 is 0 Å². The Balaban J connectivity index is 1.79. The number of halogens is 3. The topological polar surface area (TPSA) is 125 Å². The molecule has 0 aliphatic heterocycles. The molecule has 1 heterocycles. The molecule has 0 atom stereocenters. The number of nitro groups is 1. The molecule has 3 aromatic rings. The van der Waals surface area contributed by atoms with Gasteiger partial charge < -0.3 is 10.1 Å². The minimum absolute atomic E-state index is 0.0311. The average Bonchev–Trinajstić information content (AvgIpc) is 2.85. The van der Waals surface area contributed by atoms with Crippen molar-refractivity contribution in [3.63, 3.8) is 0 Å². The summed E-state index contributed by atoms with van der Waals surface area (Å²) in [4.78, 5) is 33.2. The van der Waals surface area contributed by atoms with E-state index in [4.69, 9.17) is 16.3 Å². The van der Waals surface area contributed by atoms with E-state index in [-0.39, 0.29) is 59.0 Å². The van der Waals surface area contributed by atoms with Gasteiger partial charge in [-0.15, -0.1) is 0 Å². The fourth-order valence-corrected chi connectivity index (χ4v) is 3.67. The van der Waals surface area contributed by atoms with E-state index in [1.165, 1.54) is 24.5 Å². The number of carbonyl (C=O) groups is 1. The van der Waals surface area contributed by atoms with Crippen LogP contribution in [0.15, 0.2) is 35.1 Å². The summed E-state index contributed by atoms with van der Waals surface area (Å²) in [6.07, 6.45) is 1.24. The third-order valence-corrected chi connectivity index (χ3v) is 6.35. The number of benzene rings is 2. The molecule has 1 aromatic heterocycles. The average molecular weight is 569 g/mol. The quantitative estimate of drug-likeness (QED) is 0.153. The van der Waals surface area contributed by atoms with Gasteiger partial charge in [-0.25, -0.2) is 19.7 Å². The molecular weight excluding hydrogens is 547 g/mol. The van der Waals surface area contributed by atoms with Crippen molar-refractivity contribution in [2.24, 2.45) is 0 Å². The molecule has 2 aromatic carbocycles. The zero-order chi connectivity index (χ0) is 25.5. The lowest BCUT2D eigenvalue weighted by Gasteiger charge is -2.16. The number of fused-ring (bicyclic) bond motifs is 1. The predicted octanol–water partition coefficient (Wildman–Crippen LogP) is 4.69. The summed E-state index contributed by atoms with van der Waals surface area (Å²) in [6.45, 7) is 5.60. The molecule has 1 radical (unpaired) electrons. The van der Waals surface area contributed by atoms with Gasteiger partial charge in [-0.3, -0.25) is 19.8 Å². The van der Waals surface area contributed by atoms with Crippen LogP contribution in [-0.4, -0.2) is 58.5 Å². The highest BCUT2D eigenvalue weighted by Crippen LogP contribution is 2.36. The van der Waals surface area contributed by atoms with Gasteiger partial charge in [0.2, 0.25) is 0 Å². The Morgan fingerprint density at radius 3 is 2.74 bits per heavy atom. The van der Waals surface area contributed by atoms with Crippen LogP contribution in [0, 0.1) is 15.9 Å². The van der Waals surface area contributed by atoms with Gasteiger partial charge >= 0.3 is 5.69 Å². The lowest BCUT2D eigenvalue weighted by molar-refractivity contribution is -0.385. The molecule has 185 valence electrons. The fourth-order valence-electron chi connectivity index (χ4n) is 3.19. The van der Waals surface area contributed by atoms with Crippen molar-refractivity contribution in [2.75, 3.05) is 38.1 Å². The second kappa shape index (κ2) is 12.0. The first-order chi connectivity index (χ1) is 16.7. The Bertz CT molecular complexity index is 1240. The first-order valence-corrected chi connectivity index (χ1v) is 11.8. The maximum absolute atomic E-state index is 14.5. The first kappa shape index (κ1) is 26.5. The van der Waals surface area contributed by atoms with Gasteiger partial charge in [0, 0.05) is 16.6 Å². The van der Waals surface area contributed by atoms with Crippen LogP contribution in [0.25, 0.3) is 10.9 Å². The van der Waals surface area contributed by atoms with Gasteiger partial charge in [0.05, 0.1) is 39.6 Å². The molecule has 13 heteroatoms. The fraction of sp³-hybridized carbons (Fsp3) is 0.318. The number of hydrogen-bond donors (Lipinski definition) is 1. The summed E-state index contributed by atoms with van der Waals surface area (Å²) in [5.74, 6) is -0.869. The molecule has 0 aliphatic rings. The molecule has 0 aliphatic carbocycles. The molecule has 10 nitrogen and oxygen atoms in total. The van der Waals surface area contributed by atoms with Crippen LogP contribution >= 0.6 is 27.5 Å². The van der Waals surface area contributed by atoms with Crippen molar-refractivity contribution in [2.45, 2.75) is 13.8 Å². The smallest absolute Gasteiger partial charge is 0.311 e. The number of nitro benzene ring substituents is 1. The van der Waals surface area contributed by atoms with Gasteiger partial charge in [0.1, 0.15) is 18.8 Å². The van der Waals surface area contributed by atoms with Gasteiger partial charge in [-0.1, -0.05) is 25.4 Å². The third-order valence-electron chi connectivity index (χ3n) is 5.09. The van der Waals surface area contributed by atoms with Crippen LogP contribution in [0.4, 0.5) is 21.6 Å². The summed E-state index contributed by atoms with van der Waals surface area (Å²) in [5, 5.41) is 18.6. The summed E-state index contributed by atoms with van der Waals surface area (Å²) >= 11 is 9.09. The normalized spacial score (nSPS) is 11.0. The van der Waals surface area contributed by atoms with E-state index in [1.807, 2.05) is 18.7 Å². The molecule has 0 spiro atoms. The van der Waals surface area contributed by atoms with Crippen LogP contribution in [0.5, 0.6) is 5.75 Å². The number of nitrogens with zero attached hydrogens (tertiary/aromatic N) is 5. The maximum Gasteiger partial charge on any atom is 0.311 e. The predicted molar refractivity (Wildman–Crippen MR) is 134 cm³/mol. The lowest BCUT2D eigenvalue weighted by atomic mass is 10.2. The summed E-state index contributed by atoms with van der Waals surface area (Å²) < 4.78 is 20.5. The molecule has 0 bridgehead atoms. The molecule has 35 heavy (non-hydrogen) atoms. The van der Waals surface area contributed by atoms with Crippen LogP contribution in [-0.2, 0) is 4.79 Å².